The van der Waals surface area contributed by atoms with Gasteiger partial charge in [-0.15, -0.1) is 0 Å². The van der Waals surface area contributed by atoms with Crippen LogP contribution in [0.5, 0.6) is 0 Å². The van der Waals surface area contributed by atoms with E-state index in [2.05, 4.69) is 53.7 Å². The maximum absolute atomic E-state index is 5.93. The molecule has 0 bridgehead atoms. The van der Waals surface area contributed by atoms with Gasteiger partial charge in [-0.05, 0) is 48.9 Å². The molecule has 0 amide bonds. The van der Waals surface area contributed by atoms with Crippen LogP contribution < -0.4 is 16.4 Å². The number of aryl methyl sites for hydroxylation is 1. The molecule has 1 atom stereocenters. The molecular weight excluding hydrogens is 308 g/mol. The number of nitrogens with zero attached hydrogens (tertiary/aromatic N) is 1. The number of dihydropyridines is 1. The van der Waals surface area contributed by atoms with Crippen molar-refractivity contribution in [3.63, 3.8) is 0 Å². The molecule has 130 valence electrons. The van der Waals surface area contributed by atoms with Gasteiger partial charge in [0, 0.05) is 35.8 Å². The second-order valence-corrected chi connectivity index (χ2v) is 6.35. The highest BCUT2D eigenvalue weighted by atomic mass is 14.9. The Labute approximate surface area is 149 Å². The number of aliphatic imine (C=N–C) groups is 1. The Bertz CT molecular complexity index is 781. The smallest absolute Gasteiger partial charge is 0.0637 e. The minimum atomic E-state index is 0.243. The number of anilines is 1. The highest BCUT2D eigenvalue weighted by molar-refractivity contribution is 5.94. The lowest BCUT2D eigenvalue weighted by atomic mass is 9.88. The third kappa shape index (κ3) is 3.85. The summed E-state index contributed by atoms with van der Waals surface area (Å²) >= 11 is 0. The molecule has 4 heteroatoms. The average molecular weight is 334 g/mol. The van der Waals surface area contributed by atoms with Crippen LogP contribution in [-0.2, 0) is 0 Å². The van der Waals surface area contributed by atoms with Crippen molar-refractivity contribution in [1.82, 2.24) is 5.32 Å². The summed E-state index contributed by atoms with van der Waals surface area (Å²) in [5.74, 6) is 0. The van der Waals surface area contributed by atoms with E-state index < -0.39 is 0 Å². The van der Waals surface area contributed by atoms with Crippen LogP contribution in [0.1, 0.15) is 24.5 Å². The molecule has 1 aromatic carbocycles. The van der Waals surface area contributed by atoms with E-state index in [-0.39, 0.29) is 6.04 Å². The SMILES string of the molecule is CCC1=C(C(C=NCC2C=CC=CN2)=CN)CNc2ccc(C)cc21. The minimum Gasteiger partial charge on any atom is -0.404 e. The van der Waals surface area contributed by atoms with Gasteiger partial charge in [0.15, 0.2) is 0 Å². The molecule has 2 aliphatic heterocycles. The normalized spacial score (nSPS) is 19.8. The predicted molar refractivity (Wildman–Crippen MR) is 108 cm³/mol. The highest BCUT2D eigenvalue weighted by Gasteiger charge is 2.19. The quantitative estimate of drug-likeness (QED) is 0.722. The molecule has 0 spiro atoms. The molecule has 1 unspecified atom stereocenters. The Morgan fingerprint density at radius 3 is 2.96 bits per heavy atom. The monoisotopic (exact) mass is 334 g/mol. The molecule has 25 heavy (non-hydrogen) atoms. The number of hydrogen-bond donors (Lipinski definition) is 3. The van der Waals surface area contributed by atoms with E-state index in [4.69, 9.17) is 5.73 Å². The van der Waals surface area contributed by atoms with Gasteiger partial charge in [-0.25, -0.2) is 0 Å². The van der Waals surface area contributed by atoms with Crippen molar-refractivity contribution in [2.24, 2.45) is 10.7 Å². The molecule has 4 nitrogen and oxygen atoms in total. The van der Waals surface area contributed by atoms with Crippen molar-refractivity contribution >= 4 is 17.5 Å². The molecule has 2 aliphatic rings. The fourth-order valence-corrected chi connectivity index (χ4v) is 3.28. The summed E-state index contributed by atoms with van der Waals surface area (Å²) in [6.07, 6.45) is 12.6. The first-order valence-electron chi connectivity index (χ1n) is 8.81. The fraction of sp³-hybridized carbons (Fsp3) is 0.286. The molecule has 0 saturated carbocycles. The molecule has 1 aromatic rings. The Kier molecular flexibility index (Phi) is 5.39. The Morgan fingerprint density at radius 1 is 1.36 bits per heavy atom. The van der Waals surface area contributed by atoms with Gasteiger partial charge in [0.1, 0.15) is 0 Å². The van der Waals surface area contributed by atoms with Gasteiger partial charge in [0.25, 0.3) is 0 Å². The van der Waals surface area contributed by atoms with Gasteiger partial charge >= 0.3 is 0 Å². The first-order chi connectivity index (χ1) is 12.2. The van der Waals surface area contributed by atoms with Crippen molar-refractivity contribution in [1.29, 1.82) is 0 Å². The van der Waals surface area contributed by atoms with Gasteiger partial charge in [-0.2, -0.15) is 0 Å². The van der Waals surface area contributed by atoms with E-state index >= 15 is 0 Å². The third-order valence-electron chi connectivity index (χ3n) is 4.60. The standard InChI is InChI=1S/C21H26N4/c1-3-18-19-10-15(2)7-8-21(19)25-14-20(18)16(11-22)12-23-13-17-6-4-5-9-24-17/h4-12,17,24-25H,3,13-14,22H2,1-2H3. The van der Waals surface area contributed by atoms with Gasteiger partial charge in [-0.3, -0.25) is 4.99 Å². The van der Waals surface area contributed by atoms with Crippen molar-refractivity contribution < 1.29 is 0 Å². The van der Waals surface area contributed by atoms with Crippen molar-refractivity contribution in [2.45, 2.75) is 26.3 Å². The van der Waals surface area contributed by atoms with Crippen LogP contribution in [0.25, 0.3) is 5.57 Å². The first kappa shape index (κ1) is 17.1. The molecule has 2 heterocycles. The average Bonchev–Trinajstić information content (AvgIpc) is 2.65. The number of hydrogen-bond acceptors (Lipinski definition) is 4. The summed E-state index contributed by atoms with van der Waals surface area (Å²) in [5.41, 5.74) is 13.2. The predicted octanol–water partition coefficient (Wildman–Crippen LogP) is 3.54. The number of nitrogens with one attached hydrogen (secondary N) is 2. The number of benzene rings is 1. The van der Waals surface area contributed by atoms with Crippen LogP contribution in [0.3, 0.4) is 0 Å². The van der Waals surface area contributed by atoms with Crippen molar-refractivity contribution in [3.8, 4) is 0 Å². The second-order valence-electron chi connectivity index (χ2n) is 6.35. The number of fused-ring (bicyclic) bond motifs is 1. The van der Waals surface area contributed by atoms with Gasteiger partial charge < -0.3 is 16.4 Å². The zero-order valence-electron chi connectivity index (χ0n) is 14.9. The molecule has 4 N–H and O–H groups in total. The maximum atomic E-state index is 5.93. The van der Waals surface area contributed by atoms with Gasteiger partial charge in [0.05, 0.1) is 12.6 Å². The topological polar surface area (TPSA) is 62.4 Å². The van der Waals surface area contributed by atoms with E-state index in [1.807, 2.05) is 24.6 Å². The van der Waals surface area contributed by atoms with Crippen LogP contribution in [-0.4, -0.2) is 25.3 Å². The van der Waals surface area contributed by atoms with Crippen LogP contribution in [0.15, 0.2) is 65.0 Å². The summed E-state index contributed by atoms with van der Waals surface area (Å²) in [6, 6.07) is 6.79. The minimum absolute atomic E-state index is 0.243. The molecule has 3 rings (SSSR count). The zero-order chi connectivity index (χ0) is 17.6. The van der Waals surface area contributed by atoms with E-state index in [0.29, 0.717) is 6.54 Å². The summed E-state index contributed by atoms with van der Waals surface area (Å²) in [7, 11) is 0. The third-order valence-corrected chi connectivity index (χ3v) is 4.60. The summed E-state index contributed by atoms with van der Waals surface area (Å²) in [6.45, 7) is 5.79. The van der Waals surface area contributed by atoms with Crippen molar-refractivity contribution in [3.05, 3.63) is 71.1 Å². The zero-order valence-corrected chi connectivity index (χ0v) is 14.9. The van der Waals surface area contributed by atoms with Gasteiger partial charge in [-0.1, -0.05) is 30.7 Å². The summed E-state index contributed by atoms with van der Waals surface area (Å²) in [4.78, 5) is 4.60. The Hall–Kier alpha value is -2.75. The molecule has 0 saturated heterocycles. The van der Waals surface area contributed by atoms with E-state index in [1.54, 1.807) is 6.20 Å². The van der Waals surface area contributed by atoms with E-state index in [0.717, 1.165) is 18.5 Å². The molecule has 0 radical (unpaired) electrons. The van der Waals surface area contributed by atoms with Gasteiger partial charge in [0.2, 0.25) is 0 Å². The lowest BCUT2D eigenvalue weighted by Crippen LogP contribution is -2.26. The highest BCUT2D eigenvalue weighted by Crippen LogP contribution is 2.35. The molecule has 0 aromatic heterocycles. The van der Waals surface area contributed by atoms with E-state index in [9.17, 15) is 0 Å². The number of rotatable bonds is 5. The molecular formula is C21H26N4. The Morgan fingerprint density at radius 2 is 2.24 bits per heavy atom. The van der Waals surface area contributed by atoms with Crippen LogP contribution in [0.4, 0.5) is 5.69 Å². The Balaban J connectivity index is 1.84. The summed E-state index contributed by atoms with van der Waals surface area (Å²) in [5, 5.41) is 6.78. The lowest BCUT2D eigenvalue weighted by Gasteiger charge is -2.25. The van der Waals surface area contributed by atoms with Crippen LogP contribution in [0.2, 0.25) is 0 Å². The first-order valence-corrected chi connectivity index (χ1v) is 8.81. The largest absolute Gasteiger partial charge is 0.404 e. The second kappa shape index (κ2) is 7.88. The molecule has 0 fully saturated rings. The number of allylic oxidation sites excluding steroid dienone is 3. The lowest BCUT2D eigenvalue weighted by molar-refractivity contribution is 0.704. The molecule has 0 aliphatic carbocycles. The maximum Gasteiger partial charge on any atom is 0.0637 e. The fourth-order valence-electron chi connectivity index (χ4n) is 3.28. The summed E-state index contributed by atoms with van der Waals surface area (Å²) < 4.78 is 0. The van der Waals surface area contributed by atoms with E-state index in [1.165, 1.54) is 28.0 Å². The number of nitrogens with two attached hydrogens (primary N) is 1. The van der Waals surface area contributed by atoms with Crippen LogP contribution >= 0.6 is 0 Å². The van der Waals surface area contributed by atoms with Crippen LogP contribution in [0, 0.1) is 6.92 Å². The van der Waals surface area contributed by atoms with Crippen molar-refractivity contribution in [2.75, 3.05) is 18.4 Å².